The van der Waals surface area contributed by atoms with E-state index in [1.165, 1.54) is 6.07 Å². The van der Waals surface area contributed by atoms with Gasteiger partial charge in [-0.25, -0.2) is 4.98 Å². The lowest BCUT2D eigenvalue weighted by Crippen LogP contribution is -2.12. The van der Waals surface area contributed by atoms with Crippen LogP contribution in [-0.2, 0) is 0 Å². The molecule has 0 aliphatic heterocycles. The van der Waals surface area contributed by atoms with Crippen LogP contribution in [0, 0.1) is 0 Å². The normalized spacial score (nSPS) is 10.7. The summed E-state index contributed by atoms with van der Waals surface area (Å²) in [6.07, 6.45) is 3.48. The third-order valence-corrected chi connectivity index (χ3v) is 3.60. The Balaban J connectivity index is 1.85. The van der Waals surface area contributed by atoms with Crippen molar-refractivity contribution in [3.63, 3.8) is 0 Å². The van der Waals surface area contributed by atoms with Gasteiger partial charge >= 0.3 is 0 Å². The molecule has 0 spiro atoms. The minimum atomic E-state index is -0.286. The molecular weight excluding hydrogens is 297 g/mol. The van der Waals surface area contributed by atoms with Gasteiger partial charge < -0.3 is 10.3 Å². The van der Waals surface area contributed by atoms with Crippen LogP contribution in [0.25, 0.3) is 10.9 Å². The number of amides is 1. The van der Waals surface area contributed by atoms with Gasteiger partial charge in [0.15, 0.2) is 0 Å². The van der Waals surface area contributed by atoms with E-state index in [9.17, 15) is 4.79 Å². The molecule has 0 fully saturated rings. The zero-order chi connectivity index (χ0) is 14.1. The molecule has 1 aromatic carbocycles. The number of fused-ring (bicyclic) bond motifs is 1. The number of halogens is 2. The second-order valence-corrected chi connectivity index (χ2v) is 5.03. The van der Waals surface area contributed by atoms with Gasteiger partial charge in [0, 0.05) is 17.1 Å². The molecule has 100 valence electrons. The van der Waals surface area contributed by atoms with Gasteiger partial charge in [-0.1, -0.05) is 23.2 Å². The minimum absolute atomic E-state index is 0.286. The molecule has 0 atom stereocenters. The highest BCUT2D eigenvalue weighted by molar-refractivity contribution is 6.42. The molecule has 3 aromatic rings. The Morgan fingerprint density at radius 3 is 2.80 bits per heavy atom. The number of rotatable bonds is 2. The number of nitrogens with one attached hydrogen (secondary N) is 2. The first-order valence-electron chi connectivity index (χ1n) is 5.83. The van der Waals surface area contributed by atoms with Crippen LogP contribution in [0.1, 0.15) is 10.4 Å². The van der Waals surface area contributed by atoms with Crippen molar-refractivity contribution in [3.8, 4) is 0 Å². The van der Waals surface area contributed by atoms with Gasteiger partial charge in [0.05, 0.1) is 21.8 Å². The number of carbonyl (C=O) groups is 1. The molecule has 3 rings (SSSR count). The summed E-state index contributed by atoms with van der Waals surface area (Å²) in [7, 11) is 0. The number of hydrogen-bond donors (Lipinski definition) is 2. The van der Waals surface area contributed by atoms with E-state index < -0.39 is 0 Å². The zero-order valence-corrected chi connectivity index (χ0v) is 11.7. The lowest BCUT2D eigenvalue weighted by molar-refractivity contribution is 0.102. The number of aromatic amines is 1. The molecule has 0 saturated heterocycles. The van der Waals surface area contributed by atoms with Crippen LogP contribution >= 0.6 is 23.2 Å². The number of carbonyl (C=O) groups excluding carboxylic acids is 1. The smallest absolute Gasteiger partial charge is 0.256 e. The van der Waals surface area contributed by atoms with Crippen molar-refractivity contribution in [2.24, 2.45) is 0 Å². The highest BCUT2D eigenvalue weighted by Gasteiger charge is 2.09. The maximum absolute atomic E-state index is 12.1. The topological polar surface area (TPSA) is 57.8 Å². The first-order chi connectivity index (χ1) is 9.63. The Bertz CT molecular complexity index is 798. The molecule has 0 aliphatic rings. The quantitative estimate of drug-likeness (QED) is 0.748. The van der Waals surface area contributed by atoms with Crippen molar-refractivity contribution in [1.29, 1.82) is 0 Å². The van der Waals surface area contributed by atoms with Gasteiger partial charge in [-0.2, -0.15) is 0 Å². The van der Waals surface area contributed by atoms with Crippen molar-refractivity contribution >= 4 is 45.8 Å². The predicted octanol–water partition coefficient (Wildman–Crippen LogP) is 4.12. The average molecular weight is 306 g/mol. The molecular formula is C14H9Cl2N3O. The van der Waals surface area contributed by atoms with Crippen LogP contribution < -0.4 is 5.32 Å². The van der Waals surface area contributed by atoms with Gasteiger partial charge in [-0.3, -0.25) is 4.79 Å². The molecule has 6 heteroatoms. The van der Waals surface area contributed by atoms with Gasteiger partial charge in [0.1, 0.15) is 5.82 Å². The Kier molecular flexibility index (Phi) is 3.34. The van der Waals surface area contributed by atoms with E-state index in [-0.39, 0.29) is 5.91 Å². The van der Waals surface area contributed by atoms with E-state index in [4.69, 9.17) is 23.2 Å². The van der Waals surface area contributed by atoms with E-state index in [0.29, 0.717) is 21.4 Å². The first-order valence-corrected chi connectivity index (χ1v) is 6.58. The maximum atomic E-state index is 12.1. The van der Waals surface area contributed by atoms with Crippen LogP contribution in [0.3, 0.4) is 0 Å². The van der Waals surface area contributed by atoms with Gasteiger partial charge in [0.25, 0.3) is 5.91 Å². The lowest BCUT2D eigenvalue weighted by Gasteiger charge is -2.05. The fourth-order valence-corrected chi connectivity index (χ4v) is 2.14. The second-order valence-electron chi connectivity index (χ2n) is 4.22. The first kappa shape index (κ1) is 13.0. The Morgan fingerprint density at radius 1 is 1.15 bits per heavy atom. The molecule has 2 heterocycles. The number of anilines is 1. The molecule has 0 bridgehead atoms. The molecule has 0 radical (unpaired) electrons. The van der Waals surface area contributed by atoms with Crippen molar-refractivity contribution < 1.29 is 4.79 Å². The molecule has 1 amide bonds. The van der Waals surface area contributed by atoms with Crippen LogP contribution in [-0.4, -0.2) is 15.9 Å². The van der Waals surface area contributed by atoms with Crippen molar-refractivity contribution in [2.45, 2.75) is 0 Å². The molecule has 2 N–H and O–H groups in total. The van der Waals surface area contributed by atoms with E-state index in [1.54, 1.807) is 24.4 Å². The third kappa shape index (κ3) is 2.48. The molecule has 20 heavy (non-hydrogen) atoms. The summed E-state index contributed by atoms with van der Waals surface area (Å²) in [6, 6.07) is 8.42. The van der Waals surface area contributed by atoms with Crippen LogP contribution in [0.4, 0.5) is 5.82 Å². The fraction of sp³-hybridized carbons (Fsp3) is 0. The fourth-order valence-electron chi connectivity index (χ4n) is 1.84. The summed E-state index contributed by atoms with van der Waals surface area (Å²) in [5.74, 6) is 0.194. The van der Waals surface area contributed by atoms with Crippen molar-refractivity contribution in [3.05, 3.63) is 58.3 Å². The summed E-state index contributed by atoms with van der Waals surface area (Å²) in [5.41, 5.74) is 1.34. The summed E-state index contributed by atoms with van der Waals surface area (Å²) < 4.78 is 0. The van der Waals surface area contributed by atoms with E-state index >= 15 is 0 Å². The summed E-state index contributed by atoms with van der Waals surface area (Å²) >= 11 is 11.7. The number of benzene rings is 1. The van der Waals surface area contributed by atoms with Crippen molar-refractivity contribution in [1.82, 2.24) is 9.97 Å². The second kappa shape index (κ2) is 5.15. The van der Waals surface area contributed by atoms with Gasteiger partial charge in [-0.15, -0.1) is 0 Å². The lowest BCUT2D eigenvalue weighted by atomic mass is 10.2. The molecule has 0 saturated carbocycles. The largest absolute Gasteiger partial charge is 0.360 e. The van der Waals surface area contributed by atoms with Gasteiger partial charge in [-0.05, 0) is 30.3 Å². The Hall–Kier alpha value is -2.04. The predicted molar refractivity (Wildman–Crippen MR) is 80.5 cm³/mol. The van der Waals surface area contributed by atoms with Gasteiger partial charge in [0.2, 0.25) is 0 Å². The minimum Gasteiger partial charge on any atom is -0.360 e. The number of aromatic nitrogens is 2. The third-order valence-electron chi connectivity index (χ3n) is 2.86. The molecule has 4 nitrogen and oxygen atoms in total. The molecule has 2 aromatic heterocycles. The Morgan fingerprint density at radius 2 is 2.00 bits per heavy atom. The average Bonchev–Trinajstić information content (AvgIpc) is 2.89. The Labute approximate surface area is 124 Å². The molecule has 0 aliphatic carbocycles. The highest BCUT2D eigenvalue weighted by Crippen LogP contribution is 2.23. The van der Waals surface area contributed by atoms with E-state index in [2.05, 4.69) is 15.3 Å². The molecule has 0 unspecified atom stereocenters. The summed E-state index contributed by atoms with van der Waals surface area (Å²) in [4.78, 5) is 19.3. The SMILES string of the molecule is O=C(Nc1cc2cc[nH]c2cn1)c1ccc(Cl)c(Cl)c1. The highest BCUT2D eigenvalue weighted by atomic mass is 35.5. The zero-order valence-electron chi connectivity index (χ0n) is 10.2. The van der Waals surface area contributed by atoms with Crippen molar-refractivity contribution in [2.75, 3.05) is 5.32 Å². The number of hydrogen-bond acceptors (Lipinski definition) is 2. The summed E-state index contributed by atoms with van der Waals surface area (Å²) in [5, 5.41) is 4.45. The monoisotopic (exact) mass is 305 g/mol. The van der Waals surface area contributed by atoms with Crippen LogP contribution in [0.15, 0.2) is 42.7 Å². The number of pyridine rings is 1. The summed E-state index contributed by atoms with van der Waals surface area (Å²) in [6.45, 7) is 0. The standard InChI is InChI=1S/C14H9Cl2N3O/c15-10-2-1-9(5-11(10)16)14(20)19-13-6-8-3-4-17-12(8)7-18-13/h1-7,17H,(H,18,19,20). The van der Waals surface area contributed by atoms with E-state index in [1.807, 2.05) is 12.3 Å². The van der Waals surface area contributed by atoms with E-state index in [0.717, 1.165) is 10.9 Å². The van der Waals surface area contributed by atoms with Crippen LogP contribution in [0.5, 0.6) is 0 Å². The van der Waals surface area contributed by atoms with Crippen LogP contribution in [0.2, 0.25) is 10.0 Å². The number of H-pyrrole nitrogens is 1. The number of nitrogens with zero attached hydrogens (tertiary/aromatic N) is 1. The maximum Gasteiger partial charge on any atom is 0.256 e.